The molecule has 26 heavy (non-hydrogen) atoms. The fourth-order valence-electron chi connectivity index (χ4n) is 3.46. The van der Waals surface area contributed by atoms with Gasteiger partial charge in [-0.1, -0.05) is 32.9 Å². The van der Waals surface area contributed by atoms with Crippen LogP contribution in [0.4, 0.5) is 4.39 Å². The fraction of sp³-hybridized carbons (Fsp3) is 0.476. The highest BCUT2D eigenvalue weighted by Crippen LogP contribution is 2.49. The minimum Gasteiger partial charge on any atom is -0.332 e. The SMILES string of the molecule is Cn1ccnc1C(=O)CCC(=O)C1CC1c1ccc(C(C)(C)C)c(F)c1. The molecule has 1 fully saturated rings. The summed E-state index contributed by atoms with van der Waals surface area (Å²) in [4.78, 5) is 28.5. The number of hydrogen-bond acceptors (Lipinski definition) is 3. The van der Waals surface area contributed by atoms with Crippen molar-refractivity contribution in [1.29, 1.82) is 0 Å². The maximum absolute atomic E-state index is 14.4. The van der Waals surface area contributed by atoms with Gasteiger partial charge in [0.25, 0.3) is 0 Å². The molecule has 1 saturated carbocycles. The molecule has 4 nitrogen and oxygen atoms in total. The van der Waals surface area contributed by atoms with Crippen molar-refractivity contribution in [2.75, 3.05) is 0 Å². The van der Waals surface area contributed by atoms with Gasteiger partial charge in [-0.15, -0.1) is 0 Å². The van der Waals surface area contributed by atoms with Crippen LogP contribution in [-0.2, 0) is 17.3 Å². The molecule has 5 heteroatoms. The van der Waals surface area contributed by atoms with Crippen molar-refractivity contribution >= 4 is 11.6 Å². The number of benzene rings is 1. The van der Waals surface area contributed by atoms with Crippen LogP contribution in [0.3, 0.4) is 0 Å². The zero-order chi connectivity index (χ0) is 19.1. The summed E-state index contributed by atoms with van der Waals surface area (Å²) in [6.45, 7) is 5.94. The number of carbonyl (C=O) groups excluding carboxylic acids is 2. The zero-order valence-corrected chi connectivity index (χ0v) is 15.8. The Bertz CT molecular complexity index is 848. The molecule has 2 aromatic rings. The van der Waals surface area contributed by atoms with Gasteiger partial charge in [0.1, 0.15) is 11.6 Å². The molecule has 138 valence electrons. The van der Waals surface area contributed by atoms with Gasteiger partial charge < -0.3 is 4.57 Å². The van der Waals surface area contributed by atoms with Crippen LogP contribution in [0.1, 0.15) is 67.7 Å². The first-order valence-electron chi connectivity index (χ1n) is 9.01. The average Bonchev–Trinajstić information content (AvgIpc) is 3.25. The molecule has 1 aromatic heterocycles. The first-order chi connectivity index (χ1) is 12.2. The number of ketones is 2. The van der Waals surface area contributed by atoms with Crippen molar-refractivity contribution in [2.24, 2.45) is 13.0 Å². The van der Waals surface area contributed by atoms with Crippen LogP contribution in [0.25, 0.3) is 0 Å². The van der Waals surface area contributed by atoms with Crippen LogP contribution in [0.15, 0.2) is 30.6 Å². The minimum atomic E-state index is -0.243. The molecule has 0 amide bonds. The van der Waals surface area contributed by atoms with Crippen LogP contribution in [-0.4, -0.2) is 21.1 Å². The van der Waals surface area contributed by atoms with E-state index in [9.17, 15) is 14.0 Å². The molecule has 1 aliphatic carbocycles. The molecule has 0 saturated heterocycles. The monoisotopic (exact) mass is 356 g/mol. The van der Waals surface area contributed by atoms with E-state index in [1.54, 1.807) is 30.1 Å². The second-order valence-corrected chi connectivity index (χ2v) is 8.19. The summed E-state index contributed by atoms with van der Waals surface area (Å²) in [5.41, 5.74) is 1.32. The van der Waals surface area contributed by atoms with Crippen molar-refractivity contribution in [3.05, 3.63) is 53.4 Å². The van der Waals surface area contributed by atoms with Crippen LogP contribution < -0.4 is 0 Å². The molecule has 2 atom stereocenters. The zero-order valence-electron chi connectivity index (χ0n) is 15.8. The predicted octanol–water partition coefficient (Wildman–Crippen LogP) is 4.19. The molecule has 3 rings (SSSR count). The van der Waals surface area contributed by atoms with Gasteiger partial charge in [-0.05, 0) is 34.9 Å². The fourth-order valence-corrected chi connectivity index (χ4v) is 3.46. The third-order valence-corrected chi connectivity index (χ3v) is 5.10. The summed E-state index contributed by atoms with van der Waals surface area (Å²) < 4.78 is 16.0. The molecule has 1 aromatic carbocycles. The van der Waals surface area contributed by atoms with Crippen LogP contribution >= 0.6 is 0 Å². The third kappa shape index (κ3) is 3.76. The number of rotatable bonds is 6. The molecule has 0 aliphatic heterocycles. The van der Waals surface area contributed by atoms with E-state index in [0.29, 0.717) is 11.4 Å². The van der Waals surface area contributed by atoms with Gasteiger partial charge in [0.05, 0.1) is 0 Å². The van der Waals surface area contributed by atoms with Crippen molar-refractivity contribution in [2.45, 2.75) is 51.4 Å². The smallest absolute Gasteiger partial charge is 0.198 e. The van der Waals surface area contributed by atoms with Crippen molar-refractivity contribution in [3.8, 4) is 0 Å². The van der Waals surface area contributed by atoms with Gasteiger partial charge >= 0.3 is 0 Å². The Kier molecular flexibility index (Phi) is 4.82. The van der Waals surface area contributed by atoms with Gasteiger partial charge in [-0.3, -0.25) is 9.59 Å². The highest BCUT2D eigenvalue weighted by atomic mass is 19.1. The number of Topliss-reactive ketones (excluding diaryl/α,β-unsaturated/α-hetero) is 2. The predicted molar refractivity (Wildman–Crippen MR) is 97.7 cm³/mol. The lowest BCUT2D eigenvalue weighted by Crippen LogP contribution is -2.14. The number of carbonyl (C=O) groups is 2. The van der Waals surface area contributed by atoms with E-state index < -0.39 is 0 Å². The summed E-state index contributed by atoms with van der Waals surface area (Å²) in [6, 6.07) is 5.33. The Hall–Kier alpha value is -2.30. The van der Waals surface area contributed by atoms with E-state index in [1.807, 2.05) is 32.9 Å². The van der Waals surface area contributed by atoms with Crippen LogP contribution in [0, 0.1) is 11.7 Å². The van der Waals surface area contributed by atoms with E-state index in [2.05, 4.69) is 4.98 Å². The number of imidazole rings is 1. The molecule has 0 bridgehead atoms. The first-order valence-corrected chi connectivity index (χ1v) is 9.01. The van der Waals surface area contributed by atoms with Crippen molar-refractivity contribution in [1.82, 2.24) is 9.55 Å². The summed E-state index contributed by atoms with van der Waals surface area (Å²) in [6.07, 6.45) is 4.41. The number of aromatic nitrogens is 2. The Morgan fingerprint density at radius 3 is 2.58 bits per heavy atom. The minimum absolute atomic E-state index is 0.0780. The van der Waals surface area contributed by atoms with E-state index >= 15 is 0 Å². The van der Waals surface area contributed by atoms with E-state index in [1.165, 1.54) is 0 Å². The van der Waals surface area contributed by atoms with Crippen LogP contribution in [0.2, 0.25) is 0 Å². The van der Waals surface area contributed by atoms with Gasteiger partial charge in [0, 0.05) is 38.2 Å². The van der Waals surface area contributed by atoms with Gasteiger partial charge in [-0.2, -0.15) is 0 Å². The summed E-state index contributed by atoms with van der Waals surface area (Å²) in [5.74, 6) is 0.114. The lowest BCUT2D eigenvalue weighted by atomic mass is 9.85. The Labute approximate surface area is 153 Å². The lowest BCUT2D eigenvalue weighted by Gasteiger charge is -2.20. The molecule has 1 heterocycles. The average molecular weight is 356 g/mol. The number of aryl methyl sites for hydroxylation is 1. The molecule has 2 unspecified atom stereocenters. The van der Waals surface area contributed by atoms with E-state index in [-0.39, 0.29) is 47.5 Å². The molecule has 0 radical (unpaired) electrons. The van der Waals surface area contributed by atoms with Gasteiger partial charge in [0.15, 0.2) is 11.6 Å². The molecule has 1 aliphatic rings. The largest absolute Gasteiger partial charge is 0.332 e. The molecule has 0 spiro atoms. The Balaban J connectivity index is 1.58. The first kappa shape index (κ1) is 18.5. The third-order valence-electron chi connectivity index (χ3n) is 5.10. The van der Waals surface area contributed by atoms with Crippen molar-refractivity contribution in [3.63, 3.8) is 0 Å². The maximum atomic E-state index is 14.4. The maximum Gasteiger partial charge on any atom is 0.198 e. The van der Waals surface area contributed by atoms with E-state index in [0.717, 1.165) is 12.0 Å². The summed E-state index contributed by atoms with van der Waals surface area (Å²) >= 11 is 0. The second-order valence-electron chi connectivity index (χ2n) is 8.19. The second kappa shape index (κ2) is 6.78. The Morgan fingerprint density at radius 1 is 1.27 bits per heavy atom. The van der Waals surface area contributed by atoms with E-state index in [4.69, 9.17) is 0 Å². The quantitative estimate of drug-likeness (QED) is 0.729. The highest BCUT2D eigenvalue weighted by Gasteiger charge is 2.43. The van der Waals surface area contributed by atoms with Crippen molar-refractivity contribution < 1.29 is 14.0 Å². The number of halogens is 1. The number of hydrogen-bond donors (Lipinski definition) is 0. The Morgan fingerprint density at radius 2 is 2.00 bits per heavy atom. The molecular formula is C21H25FN2O2. The highest BCUT2D eigenvalue weighted by molar-refractivity contribution is 5.96. The summed E-state index contributed by atoms with van der Waals surface area (Å²) in [7, 11) is 1.76. The van der Waals surface area contributed by atoms with Gasteiger partial charge in [0.2, 0.25) is 0 Å². The topological polar surface area (TPSA) is 52.0 Å². The summed E-state index contributed by atoms with van der Waals surface area (Å²) in [5, 5.41) is 0. The molecular weight excluding hydrogens is 331 g/mol. The normalized spacial score (nSPS) is 19.4. The lowest BCUT2D eigenvalue weighted by molar-refractivity contribution is -0.120. The van der Waals surface area contributed by atoms with Gasteiger partial charge in [-0.25, -0.2) is 9.37 Å². The van der Waals surface area contributed by atoms with Crippen LogP contribution in [0.5, 0.6) is 0 Å². The number of nitrogens with zero attached hydrogens (tertiary/aromatic N) is 2. The molecule has 0 N–H and O–H groups in total. The standard InChI is InChI=1S/C21H25FN2O2/c1-21(2,3)16-6-5-13(11-17(16)22)14-12-15(14)18(25)7-8-19(26)20-23-9-10-24(20)4/h5-6,9-11,14-15H,7-8,12H2,1-4H3.